The smallest absolute Gasteiger partial charge is 0.139 e. The quantitative estimate of drug-likeness (QED) is 0.353. The van der Waals surface area contributed by atoms with E-state index in [4.69, 9.17) is 23.2 Å². The first-order valence-electron chi connectivity index (χ1n) is 13.7. The van der Waals surface area contributed by atoms with Crippen molar-refractivity contribution in [2.45, 2.75) is 78.0 Å². The first-order valence-corrected chi connectivity index (χ1v) is 14.5. The van der Waals surface area contributed by atoms with Crippen molar-refractivity contribution >= 4 is 45.7 Å². The maximum absolute atomic E-state index is 13.7. The predicted octanol–water partition coefficient (Wildman–Crippen LogP) is 6.81. The molecule has 3 aromatic rings. The van der Waals surface area contributed by atoms with Gasteiger partial charge in [-0.25, -0.2) is 0 Å². The summed E-state index contributed by atoms with van der Waals surface area (Å²) in [5, 5.41) is 24.9. The van der Waals surface area contributed by atoms with E-state index >= 15 is 0 Å². The van der Waals surface area contributed by atoms with Crippen molar-refractivity contribution in [3.63, 3.8) is 0 Å². The molecule has 5 nitrogen and oxygen atoms in total. The summed E-state index contributed by atoms with van der Waals surface area (Å²) in [5.41, 5.74) is 1.97. The zero-order chi connectivity index (χ0) is 28.3. The van der Waals surface area contributed by atoms with Gasteiger partial charge in [0.15, 0.2) is 0 Å². The van der Waals surface area contributed by atoms with Crippen LogP contribution in [-0.2, 0) is 16.1 Å². The number of rotatable bonds is 5. The second-order valence-electron chi connectivity index (χ2n) is 13.2. The molecule has 0 radical (unpaired) electrons. The summed E-state index contributed by atoms with van der Waals surface area (Å²) in [7, 11) is 0. The predicted molar refractivity (Wildman–Crippen MR) is 155 cm³/mol. The second kappa shape index (κ2) is 10.3. The van der Waals surface area contributed by atoms with Gasteiger partial charge in [0.1, 0.15) is 11.6 Å². The average molecular weight is 571 g/mol. The molecule has 0 saturated heterocycles. The minimum absolute atomic E-state index is 0.0499. The van der Waals surface area contributed by atoms with Crippen LogP contribution in [0.25, 0.3) is 10.9 Å². The summed E-state index contributed by atoms with van der Waals surface area (Å²) in [4.78, 5) is 27.5. The molecule has 7 heteroatoms. The molecule has 2 aromatic carbocycles. The lowest BCUT2D eigenvalue weighted by atomic mass is 9.58. The summed E-state index contributed by atoms with van der Waals surface area (Å²) in [6.07, 6.45) is 1.74. The number of carbonyl (C=O) groups is 2. The van der Waals surface area contributed by atoms with E-state index in [0.717, 1.165) is 22.0 Å². The number of aliphatic hydroxyl groups is 2. The highest BCUT2D eigenvalue weighted by Gasteiger charge is 2.52. The van der Waals surface area contributed by atoms with Crippen LogP contribution in [0, 0.1) is 22.7 Å². The van der Waals surface area contributed by atoms with Gasteiger partial charge < -0.3 is 14.8 Å². The Bertz CT molecular complexity index is 1380. The number of aromatic nitrogens is 1. The van der Waals surface area contributed by atoms with Gasteiger partial charge in [0.2, 0.25) is 0 Å². The number of carbonyl (C=O) groups excluding carboxylic acids is 2. The Morgan fingerprint density at radius 1 is 0.897 bits per heavy atom. The lowest BCUT2D eigenvalue weighted by molar-refractivity contribution is -0.144. The van der Waals surface area contributed by atoms with Crippen molar-refractivity contribution in [1.82, 2.24) is 4.57 Å². The number of para-hydroxylation sites is 1. The molecule has 5 rings (SSSR count). The van der Waals surface area contributed by atoms with E-state index in [1.54, 1.807) is 12.1 Å². The van der Waals surface area contributed by atoms with Crippen LogP contribution < -0.4 is 0 Å². The standard InChI is InChI=1S/C32H37Cl2NO4/c1-31(2)12-24(36)29(25(37)13-31)28(30-26(38)14-32(3,4)15-27(30)39)21-17-35(23-8-6-5-7-20(21)23)16-18-9-10-19(33)11-22(18)34/h5-11,17,24,26,28-30,36,38H,12-16H2,1-4H3/t24-,26+,28?,29+,30-. The third-order valence-corrected chi connectivity index (χ3v) is 9.30. The number of Topliss-reactive ketones (excluding diaryl/α,β-unsaturated/α-hetero) is 2. The number of ketones is 2. The Labute approximate surface area is 240 Å². The SMILES string of the molecule is CC1(C)CC(=O)[C@@H](C(c2cn(Cc3ccc(Cl)cc3Cl)c3ccccc23)[C@H]2C(=O)CC(C)(C)C[C@@H]2O)[C@H](O)C1. The van der Waals surface area contributed by atoms with Crippen molar-refractivity contribution in [1.29, 1.82) is 0 Å². The molecule has 0 spiro atoms. The molecule has 0 aliphatic heterocycles. The topological polar surface area (TPSA) is 79.5 Å². The van der Waals surface area contributed by atoms with Crippen LogP contribution in [0.2, 0.25) is 10.0 Å². The van der Waals surface area contributed by atoms with Crippen LogP contribution in [0.5, 0.6) is 0 Å². The number of nitrogens with zero attached hydrogens (tertiary/aromatic N) is 1. The highest BCUT2D eigenvalue weighted by molar-refractivity contribution is 6.35. The maximum atomic E-state index is 13.7. The van der Waals surface area contributed by atoms with Crippen LogP contribution in [0.3, 0.4) is 0 Å². The third-order valence-electron chi connectivity index (χ3n) is 8.71. The second-order valence-corrected chi connectivity index (χ2v) is 14.0. The fourth-order valence-electron chi connectivity index (χ4n) is 7.13. The lowest BCUT2D eigenvalue weighted by Gasteiger charge is -2.46. The Hall–Kier alpha value is -2.18. The molecule has 208 valence electrons. The molecule has 1 unspecified atom stereocenters. The van der Waals surface area contributed by atoms with E-state index in [2.05, 4.69) is 4.57 Å². The van der Waals surface area contributed by atoms with Crippen LogP contribution in [-0.4, -0.2) is 38.6 Å². The zero-order valence-corrected chi connectivity index (χ0v) is 24.5. The monoisotopic (exact) mass is 569 g/mol. The van der Waals surface area contributed by atoms with E-state index < -0.39 is 30.0 Å². The fraction of sp³-hybridized carbons (Fsp3) is 0.500. The third kappa shape index (κ3) is 5.56. The Balaban J connectivity index is 1.67. The molecular formula is C32H37Cl2NO4. The van der Waals surface area contributed by atoms with Crippen LogP contribution in [0.15, 0.2) is 48.7 Å². The first kappa shape index (κ1) is 28.4. The molecule has 1 aromatic heterocycles. The van der Waals surface area contributed by atoms with Gasteiger partial charge in [-0.3, -0.25) is 9.59 Å². The number of hydrogen-bond acceptors (Lipinski definition) is 4. The molecule has 0 bridgehead atoms. The number of benzene rings is 2. The molecular weight excluding hydrogens is 533 g/mol. The molecule has 1 heterocycles. The molecule has 2 N–H and O–H groups in total. The van der Waals surface area contributed by atoms with Crippen molar-refractivity contribution < 1.29 is 19.8 Å². The minimum Gasteiger partial charge on any atom is -0.392 e. The van der Waals surface area contributed by atoms with Crippen molar-refractivity contribution in [3.05, 3.63) is 69.8 Å². The van der Waals surface area contributed by atoms with Gasteiger partial charge in [0, 0.05) is 52.4 Å². The van der Waals surface area contributed by atoms with Crippen molar-refractivity contribution in [3.8, 4) is 0 Å². The van der Waals surface area contributed by atoms with Crippen molar-refractivity contribution in [2.24, 2.45) is 22.7 Å². The molecule has 0 amide bonds. The number of fused-ring (bicyclic) bond motifs is 1. The Kier molecular flexibility index (Phi) is 7.51. The summed E-state index contributed by atoms with van der Waals surface area (Å²) < 4.78 is 2.07. The molecule has 2 saturated carbocycles. The largest absolute Gasteiger partial charge is 0.392 e. The van der Waals surface area contributed by atoms with Crippen LogP contribution in [0.1, 0.15) is 70.4 Å². The van der Waals surface area contributed by atoms with Gasteiger partial charge in [0.05, 0.1) is 24.0 Å². The van der Waals surface area contributed by atoms with Gasteiger partial charge in [-0.1, -0.05) is 75.2 Å². The molecule has 39 heavy (non-hydrogen) atoms. The van der Waals surface area contributed by atoms with E-state index in [9.17, 15) is 19.8 Å². The van der Waals surface area contributed by atoms with E-state index in [1.807, 2.05) is 64.2 Å². The van der Waals surface area contributed by atoms with Gasteiger partial charge in [0.25, 0.3) is 0 Å². The molecule has 5 atom stereocenters. The highest BCUT2D eigenvalue weighted by Crippen LogP contribution is 2.51. The van der Waals surface area contributed by atoms with E-state index in [-0.39, 0.29) is 22.4 Å². The average Bonchev–Trinajstić information content (AvgIpc) is 3.15. The maximum Gasteiger partial charge on any atom is 0.139 e. The summed E-state index contributed by atoms with van der Waals surface area (Å²) >= 11 is 12.6. The molecule has 2 fully saturated rings. The van der Waals surface area contributed by atoms with Gasteiger partial charge in [-0.05, 0) is 53.0 Å². The molecule has 2 aliphatic carbocycles. The normalized spacial score (nSPS) is 27.6. The summed E-state index contributed by atoms with van der Waals surface area (Å²) in [6.45, 7) is 8.43. The Morgan fingerprint density at radius 3 is 2.00 bits per heavy atom. The van der Waals surface area contributed by atoms with E-state index in [1.165, 1.54) is 0 Å². The van der Waals surface area contributed by atoms with Gasteiger partial charge in [-0.2, -0.15) is 0 Å². The summed E-state index contributed by atoms with van der Waals surface area (Å²) in [6, 6.07) is 13.3. The number of hydrogen-bond donors (Lipinski definition) is 2. The van der Waals surface area contributed by atoms with Gasteiger partial charge in [-0.15, -0.1) is 0 Å². The summed E-state index contributed by atoms with van der Waals surface area (Å²) in [5.74, 6) is -2.30. The first-order chi connectivity index (χ1) is 18.3. The molecule has 2 aliphatic rings. The van der Waals surface area contributed by atoms with Gasteiger partial charge >= 0.3 is 0 Å². The number of halogens is 2. The zero-order valence-electron chi connectivity index (χ0n) is 23.0. The van der Waals surface area contributed by atoms with Crippen molar-refractivity contribution in [2.75, 3.05) is 0 Å². The van der Waals surface area contributed by atoms with Crippen LogP contribution >= 0.6 is 23.2 Å². The number of aliphatic hydroxyl groups excluding tert-OH is 2. The Morgan fingerprint density at radius 2 is 1.46 bits per heavy atom. The fourth-order valence-corrected chi connectivity index (χ4v) is 7.60. The van der Waals surface area contributed by atoms with E-state index in [0.29, 0.717) is 42.3 Å². The highest BCUT2D eigenvalue weighted by atomic mass is 35.5. The lowest BCUT2D eigenvalue weighted by Crippen LogP contribution is -2.51. The van der Waals surface area contributed by atoms with Crippen LogP contribution in [0.4, 0.5) is 0 Å². The minimum atomic E-state index is -0.908.